The van der Waals surface area contributed by atoms with E-state index in [9.17, 15) is 13.9 Å². The van der Waals surface area contributed by atoms with Gasteiger partial charge in [0.1, 0.15) is 5.76 Å². The average Bonchev–Trinajstić information content (AvgIpc) is 2.36. The average molecular weight is 265 g/mol. The van der Waals surface area contributed by atoms with Gasteiger partial charge in [0.15, 0.2) is 5.71 Å². The fraction of sp³-hybridized carbons (Fsp3) is 0.267. The predicted molar refractivity (Wildman–Crippen MR) is 74.6 cm³/mol. The number of halogens is 2. The van der Waals surface area contributed by atoms with Gasteiger partial charge in [-0.15, -0.1) is 0 Å². The molecule has 1 aromatic carbocycles. The SMILES string of the molecule is C=CC(F)(F)/C(=N/c1ccc(CC)cc1C)C(=C)O. The number of benzene rings is 1. The van der Waals surface area contributed by atoms with Crippen LogP contribution in [0.2, 0.25) is 0 Å². The van der Waals surface area contributed by atoms with Crippen molar-refractivity contribution in [3.8, 4) is 0 Å². The number of alkyl halides is 2. The summed E-state index contributed by atoms with van der Waals surface area (Å²) in [6.07, 6.45) is 1.29. The van der Waals surface area contributed by atoms with Crippen molar-refractivity contribution in [2.45, 2.75) is 26.2 Å². The minimum absolute atomic E-state index is 0.379. The highest BCUT2D eigenvalue weighted by molar-refractivity contribution is 6.05. The summed E-state index contributed by atoms with van der Waals surface area (Å²) in [5.74, 6) is -4.18. The van der Waals surface area contributed by atoms with Crippen LogP contribution in [-0.4, -0.2) is 16.7 Å². The van der Waals surface area contributed by atoms with E-state index in [2.05, 4.69) is 18.2 Å². The second-order valence-electron chi connectivity index (χ2n) is 4.21. The first-order valence-electron chi connectivity index (χ1n) is 5.90. The van der Waals surface area contributed by atoms with Gasteiger partial charge < -0.3 is 5.11 Å². The van der Waals surface area contributed by atoms with Crippen molar-refractivity contribution in [2.24, 2.45) is 4.99 Å². The minimum atomic E-state index is -3.41. The number of aliphatic hydroxyl groups is 1. The molecule has 0 heterocycles. The van der Waals surface area contributed by atoms with Gasteiger partial charge in [-0.25, -0.2) is 4.99 Å². The van der Waals surface area contributed by atoms with Gasteiger partial charge in [0.2, 0.25) is 0 Å². The van der Waals surface area contributed by atoms with Gasteiger partial charge in [0, 0.05) is 0 Å². The third-order valence-corrected chi connectivity index (χ3v) is 2.75. The van der Waals surface area contributed by atoms with Crippen LogP contribution in [-0.2, 0) is 6.42 Å². The third-order valence-electron chi connectivity index (χ3n) is 2.75. The van der Waals surface area contributed by atoms with Crippen molar-refractivity contribution in [3.05, 3.63) is 54.3 Å². The Bertz CT molecular complexity index is 533. The van der Waals surface area contributed by atoms with Gasteiger partial charge in [0.05, 0.1) is 5.69 Å². The van der Waals surface area contributed by atoms with E-state index in [4.69, 9.17) is 0 Å². The van der Waals surface area contributed by atoms with Crippen LogP contribution in [0.25, 0.3) is 0 Å². The minimum Gasteiger partial charge on any atom is -0.506 e. The van der Waals surface area contributed by atoms with Crippen molar-refractivity contribution in [1.82, 2.24) is 0 Å². The van der Waals surface area contributed by atoms with Crippen LogP contribution in [0.5, 0.6) is 0 Å². The molecular formula is C15H17F2NO. The highest BCUT2D eigenvalue weighted by Crippen LogP contribution is 2.26. The molecule has 19 heavy (non-hydrogen) atoms. The summed E-state index contributed by atoms with van der Waals surface area (Å²) < 4.78 is 27.1. The fourth-order valence-corrected chi connectivity index (χ4v) is 1.61. The number of aryl methyl sites for hydroxylation is 2. The lowest BCUT2D eigenvalue weighted by atomic mass is 10.1. The molecule has 0 bridgehead atoms. The van der Waals surface area contributed by atoms with Gasteiger partial charge in [0.25, 0.3) is 0 Å². The van der Waals surface area contributed by atoms with E-state index in [-0.39, 0.29) is 0 Å². The highest BCUT2D eigenvalue weighted by Gasteiger charge is 2.34. The largest absolute Gasteiger partial charge is 0.506 e. The van der Waals surface area contributed by atoms with Gasteiger partial charge in [-0.1, -0.05) is 32.2 Å². The molecule has 0 aliphatic rings. The Balaban J connectivity index is 3.31. The van der Waals surface area contributed by atoms with Crippen LogP contribution in [0.1, 0.15) is 18.1 Å². The molecule has 1 aromatic rings. The smallest absolute Gasteiger partial charge is 0.311 e. The summed E-state index contributed by atoms with van der Waals surface area (Å²) in [5, 5.41) is 9.28. The summed E-state index contributed by atoms with van der Waals surface area (Å²) in [4.78, 5) is 3.82. The van der Waals surface area contributed by atoms with Crippen LogP contribution in [0.4, 0.5) is 14.5 Å². The van der Waals surface area contributed by atoms with Crippen molar-refractivity contribution in [3.63, 3.8) is 0 Å². The normalized spacial score (nSPS) is 12.3. The molecule has 0 spiro atoms. The Morgan fingerprint density at radius 3 is 2.53 bits per heavy atom. The topological polar surface area (TPSA) is 32.6 Å². The molecule has 4 heteroatoms. The monoisotopic (exact) mass is 265 g/mol. The number of nitrogens with zero attached hydrogens (tertiary/aromatic N) is 1. The molecule has 0 radical (unpaired) electrons. The molecule has 0 aliphatic heterocycles. The second-order valence-corrected chi connectivity index (χ2v) is 4.21. The van der Waals surface area contributed by atoms with Crippen molar-refractivity contribution in [1.29, 1.82) is 0 Å². The summed E-state index contributed by atoms with van der Waals surface area (Å²) >= 11 is 0. The molecule has 102 valence electrons. The maximum atomic E-state index is 13.6. The fourth-order valence-electron chi connectivity index (χ4n) is 1.61. The zero-order chi connectivity index (χ0) is 14.6. The van der Waals surface area contributed by atoms with Crippen LogP contribution in [0, 0.1) is 6.92 Å². The van der Waals surface area contributed by atoms with E-state index in [0.29, 0.717) is 11.8 Å². The van der Waals surface area contributed by atoms with Crippen LogP contribution >= 0.6 is 0 Å². The van der Waals surface area contributed by atoms with E-state index in [1.807, 2.05) is 19.1 Å². The number of allylic oxidation sites excluding steroid dienone is 2. The van der Waals surface area contributed by atoms with Crippen molar-refractivity contribution < 1.29 is 13.9 Å². The molecular weight excluding hydrogens is 248 g/mol. The summed E-state index contributed by atoms with van der Waals surface area (Å²) in [6.45, 7) is 9.95. The van der Waals surface area contributed by atoms with Crippen molar-refractivity contribution >= 4 is 11.4 Å². The van der Waals surface area contributed by atoms with Crippen molar-refractivity contribution in [2.75, 3.05) is 0 Å². The lowest BCUT2D eigenvalue weighted by molar-refractivity contribution is 0.132. The molecule has 0 unspecified atom stereocenters. The number of aliphatic imine (C=N–C) groups is 1. The maximum Gasteiger partial charge on any atom is 0.311 e. The first kappa shape index (κ1) is 15.1. The Hall–Kier alpha value is -1.97. The lowest BCUT2D eigenvalue weighted by Gasteiger charge is -2.14. The first-order chi connectivity index (χ1) is 8.81. The Labute approximate surface area is 111 Å². The standard InChI is InChI=1S/C15H17F2NO/c1-5-12-7-8-13(10(3)9-12)18-14(11(4)19)15(16,17)6-2/h6-9,19H,2,4-5H2,1,3H3/b18-14+. The quantitative estimate of drug-likeness (QED) is 0.474. The van der Waals surface area contributed by atoms with E-state index in [0.717, 1.165) is 17.5 Å². The van der Waals surface area contributed by atoms with Crippen LogP contribution in [0.3, 0.4) is 0 Å². The van der Waals surface area contributed by atoms with Gasteiger partial charge in [-0.2, -0.15) is 8.78 Å². The van der Waals surface area contributed by atoms with E-state index >= 15 is 0 Å². The van der Waals surface area contributed by atoms with Gasteiger partial charge >= 0.3 is 5.92 Å². The van der Waals surface area contributed by atoms with Gasteiger partial charge in [-0.05, 0) is 36.6 Å². The third kappa shape index (κ3) is 3.50. The highest BCUT2D eigenvalue weighted by atomic mass is 19.3. The molecule has 0 aromatic heterocycles. The van der Waals surface area contributed by atoms with Gasteiger partial charge in [-0.3, -0.25) is 0 Å². The Kier molecular flexibility index (Phi) is 4.59. The predicted octanol–water partition coefficient (Wildman–Crippen LogP) is 4.52. The molecule has 0 atom stereocenters. The number of hydrogen-bond donors (Lipinski definition) is 1. The molecule has 0 fully saturated rings. The van der Waals surface area contributed by atoms with E-state index in [1.54, 1.807) is 13.0 Å². The summed E-state index contributed by atoms with van der Waals surface area (Å²) in [5.41, 5.74) is 1.45. The summed E-state index contributed by atoms with van der Waals surface area (Å²) in [7, 11) is 0. The van der Waals surface area contributed by atoms with E-state index in [1.165, 1.54) is 0 Å². The maximum absolute atomic E-state index is 13.6. The molecule has 2 nitrogen and oxygen atoms in total. The molecule has 1 rings (SSSR count). The van der Waals surface area contributed by atoms with Crippen LogP contribution in [0.15, 0.2) is 48.2 Å². The summed E-state index contributed by atoms with van der Waals surface area (Å²) in [6, 6.07) is 5.34. The first-order valence-corrected chi connectivity index (χ1v) is 5.90. The zero-order valence-corrected chi connectivity index (χ0v) is 11.1. The molecule has 0 saturated heterocycles. The molecule has 0 aliphatic carbocycles. The van der Waals surface area contributed by atoms with Crippen LogP contribution < -0.4 is 0 Å². The molecule has 1 N–H and O–H groups in total. The molecule has 0 saturated carbocycles. The van der Waals surface area contributed by atoms with E-state index < -0.39 is 17.4 Å². The number of rotatable bonds is 5. The zero-order valence-electron chi connectivity index (χ0n) is 11.1. The second kappa shape index (κ2) is 5.78. The molecule has 0 amide bonds. The number of hydrogen-bond acceptors (Lipinski definition) is 2. The Morgan fingerprint density at radius 1 is 1.47 bits per heavy atom. The lowest BCUT2D eigenvalue weighted by Crippen LogP contribution is -2.27. The number of aliphatic hydroxyl groups excluding tert-OH is 1. The Morgan fingerprint density at radius 2 is 2.11 bits per heavy atom.